The molecule has 0 aliphatic rings. The SMILES string of the molecule is Cc1ccc(NCc2cc(F)ccc2C#N)c(Cl)c1. The van der Waals surface area contributed by atoms with Gasteiger partial charge >= 0.3 is 0 Å². The predicted molar refractivity (Wildman–Crippen MR) is 74.6 cm³/mol. The van der Waals surface area contributed by atoms with Crippen molar-refractivity contribution in [3.05, 3.63) is 63.9 Å². The summed E-state index contributed by atoms with van der Waals surface area (Å²) < 4.78 is 13.2. The number of rotatable bonds is 3. The van der Waals surface area contributed by atoms with E-state index in [1.807, 2.05) is 31.2 Å². The van der Waals surface area contributed by atoms with Crippen molar-refractivity contribution in [2.45, 2.75) is 13.5 Å². The monoisotopic (exact) mass is 274 g/mol. The molecule has 0 aromatic heterocycles. The molecule has 1 N–H and O–H groups in total. The molecule has 19 heavy (non-hydrogen) atoms. The highest BCUT2D eigenvalue weighted by Crippen LogP contribution is 2.23. The summed E-state index contributed by atoms with van der Waals surface area (Å²) in [6.07, 6.45) is 0. The third-order valence-corrected chi connectivity index (χ3v) is 3.09. The first-order valence-corrected chi connectivity index (χ1v) is 6.16. The van der Waals surface area contributed by atoms with Crippen LogP contribution in [0.3, 0.4) is 0 Å². The molecule has 96 valence electrons. The van der Waals surface area contributed by atoms with E-state index >= 15 is 0 Å². The molecule has 2 aromatic rings. The second-order valence-corrected chi connectivity index (χ2v) is 4.66. The Labute approximate surface area is 116 Å². The van der Waals surface area contributed by atoms with Crippen molar-refractivity contribution in [1.82, 2.24) is 0 Å². The molecule has 0 atom stereocenters. The normalized spacial score (nSPS) is 10.0. The van der Waals surface area contributed by atoms with Gasteiger partial charge in [0.05, 0.1) is 22.3 Å². The predicted octanol–water partition coefficient (Wildman–Crippen LogP) is 4.27. The maximum atomic E-state index is 13.2. The zero-order chi connectivity index (χ0) is 13.8. The van der Waals surface area contributed by atoms with Crippen LogP contribution in [0.1, 0.15) is 16.7 Å². The molecule has 2 aromatic carbocycles. The molecule has 2 rings (SSSR count). The number of halogens is 2. The molecule has 0 heterocycles. The van der Waals surface area contributed by atoms with Gasteiger partial charge in [-0.3, -0.25) is 0 Å². The number of benzene rings is 2. The minimum Gasteiger partial charge on any atom is -0.380 e. The van der Waals surface area contributed by atoms with E-state index in [9.17, 15) is 4.39 Å². The van der Waals surface area contributed by atoms with E-state index in [0.29, 0.717) is 22.7 Å². The van der Waals surface area contributed by atoms with Gasteiger partial charge in [-0.15, -0.1) is 0 Å². The highest BCUT2D eigenvalue weighted by Gasteiger charge is 2.05. The van der Waals surface area contributed by atoms with Crippen LogP contribution in [-0.2, 0) is 6.54 Å². The van der Waals surface area contributed by atoms with Crippen molar-refractivity contribution >= 4 is 17.3 Å². The summed E-state index contributed by atoms with van der Waals surface area (Å²) >= 11 is 6.10. The second kappa shape index (κ2) is 5.73. The number of hydrogen-bond donors (Lipinski definition) is 1. The van der Waals surface area contributed by atoms with Gasteiger partial charge in [0.15, 0.2) is 0 Å². The fourth-order valence-corrected chi connectivity index (χ4v) is 2.07. The number of nitrogens with one attached hydrogen (secondary N) is 1. The highest BCUT2D eigenvalue weighted by molar-refractivity contribution is 6.33. The van der Waals surface area contributed by atoms with Gasteiger partial charge in [0.25, 0.3) is 0 Å². The Hall–Kier alpha value is -2.05. The van der Waals surface area contributed by atoms with Crippen LogP contribution in [0.25, 0.3) is 0 Å². The summed E-state index contributed by atoms with van der Waals surface area (Å²) in [5.74, 6) is -0.356. The first kappa shape index (κ1) is 13.4. The minimum atomic E-state index is -0.356. The highest BCUT2D eigenvalue weighted by atomic mass is 35.5. The molecule has 0 bridgehead atoms. The fraction of sp³-hybridized carbons (Fsp3) is 0.133. The first-order valence-electron chi connectivity index (χ1n) is 5.78. The molecule has 0 saturated carbocycles. The Bertz CT molecular complexity index is 647. The fourth-order valence-electron chi connectivity index (χ4n) is 1.77. The Morgan fingerprint density at radius 1 is 1.26 bits per heavy atom. The summed E-state index contributed by atoms with van der Waals surface area (Å²) in [6, 6.07) is 11.8. The van der Waals surface area contributed by atoms with Crippen LogP contribution >= 0.6 is 11.6 Å². The quantitative estimate of drug-likeness (QED) is 0.907. The Kier molecular flexibility index (Phi) is 4.03. The molecule has 0 saturated heterocycles. The van der Waals surface area contributed by atoms with E-state index < -0.39 is 0 Å². The van der Waals surface area contributed by atoms with E-state index in [4.69, 9.17) is 16.9 Å². The van der Waals surface area contributed by atoms with E-state index in [1.165, 1.54) is 18.2 Å². The summed E-state index contributed by atoms with van der Waals surface area (Å²) in [6.45, 7) is 2.31. The van der Waals surface area contributed by atoms with Gasteiger partial charge in [-0.2, -0.15) is 5.26 Å². The van der Waals surface area contributed by atoms with Crippen LogP contribution in [-0.4, -0.2) is 0 Å². The van der Waals surface area contributed by atoms with Gasteiger partial charge in [-0.1, -0.05) is 17.7 Å². The molecule has 0 fully saturated rings. The van der Waals surface area contributed by atoms with Crippen molar-refractivity contribution in [3.8, 4) is 6.07 Å². The molecular weight excluding hydrogens is 263 g/mol. The summed E-state index contributed by atoms with van der Waals surface area (Å²) in [5, 5.41) is 12.7. The van der Waals surface area contributed by atoms with Gasteiger partial charge in [0.2, 0.25) is 0 Å². The van der Waals surface area contributed by atoms with Crippen molar-refractivity contribution in [2.75, 3.05) is 5.32 Å². The van der Waals surface area contributed by atoms with Crippen molar-refractivity contribution < 1.29 is 4.39 Å². The molecule has 0 radical (unpaired) electrons. The summed E-state index contributed by atoms with van der Waals surface area (Å²) in [5.41, 5.74) is 2.90. The zero-order valence-electron chi connectivity index (χ0n) is 10.4. The van der Waals surface area contributed by atoms with E-state index in [-0.39, 0.29) is 5.82 Å². The maximum Gasteiger partial charge on any atom is 0.123 e. The average molecular weight is 275 g/mol. The zero-order valence-corrected chi connectivity index (χ0v) is 11.1. The molecule has 0 aliphatic carbocycles. The van der Waals surface area contributed by atoms with Gasteiger partial charge in [-0.05, 0) is 48.4 Å². The van der Waals surface area contributed by atoms with Crippen molar-refractivity contribution in [2.24, 2.45) is 0 Å². The van der Waals surface area contributed by atoms with Crippen LogP contribution < -0.4 is 5.32 Å². The summed E-state index contributed by atoms with van der Waals surface area (Å²) in [4.78, 5) is 0. The topological polar surface area (TPSA) is 35.8 Å². The standard InChI is InChI=1S/C15H12ClFN2/c1-10-2-5-15(14(16)6-10)19-9-12-7-13(17)4-3-11(12)8-18/h2-7,19H,9H2,1H3. The molecule has 4 heteroatoms. The Morgan fingerprint density at radius 3 is 2.74 bits per heavy atom. The number of nitrogens with zero attached hydrogens (tertiary/aromatic N) is 1. The lowest BCUT2D eigenvalue weighted by atomic mass is 10.1. The van der Waals surface area contributed by atoms with Gasteiger partial charge < -0.3 is 5.32 Å². The Balaban J connectivity index is 2.19. The third-order valence-electron chi connectivity index (χ3n) is 2.78. The lowest BCUT2D eigenvalue weighted by molar-refractivity contribution is 0.625. The Morgan fingerprint density at radius 2 is 2.05 bits per heavy atom. The molecule has 0 aliphatic heterocycles. The number of aryl methyl sites for hydroxylation is 1. The van der Waals surface area contributed by atoms with E-state index in [1.54, 1.807) is 0 Å². The van der Waals surface area contributed by atoms with Gasteiger partial charge in [0, 0.05) is 6.54 Å². The van der Waals surface area contributed by atoms with Crippen LogP contribution in [0.5, 0.6) is 0 Å². The largest absolute Gasteiger partial charge is 0.380 e. The molecule has 2 nitrogen and oxygen atoms in total. The minimum absolute atomic E-state index is 0.351. The van der Waals surface area contributed by atoms with Crippen LogP contribution in [0.15, 0.2) is 36.4 Å². The second-order valence-electron chi connectivity index (χ2n) is 4.25. The lowest BCUT2D eigenvalue weighted by Crippen LogP contribution is -2.02. The maximum absolute atomic E-state index is 13.2. The van der Waals surface area contributed by atoms with Gasteiger partial charge in [-0.25, -0.2) is 4.39 Å². The van der Waals surface area contributed by atoms with E-state index in [0.717, 1.165) is 11.3 Å². The molecule has 0 spiro atoms. The first-order chi connectivity index (χ1) is 9.10. The number of hydrogen-bond acceptors (Lipinski definition) is 2. The van der Waals surface area contributed by atoms with Crippen molar-refractivity contribution in [3.63, 3.8) is 0 Å². The van der Waals surface area contributed by atoms with Crippen LogP contribution in [0.4, 0.5) is 10.1 Å². The lowest BCUT2D eigenvalue weighted by Gasteiger charge is -2.10. The number of nitriles is 1. The molecule has 0 amide bonds. The average Bonchev–Trinajstić information content (AvgIpc) is 2.38. The van der Waals surface area contributed by atoms with Crippen LogP contribution in [0, 0.1) is 24.1 Å². The summed E-state index contributed by atoms with van der Waals surface area (Å²) in [7, 11) is 0. The van der Waals surface area contributed by atoms with Crippen molar-refractivity contribution in [1.29, 1.82) is 5.26 Å². The van der Waals surface area contributed by atoms with E-state index in [2.05, 4.69) is 5.32 Å². The third kappa shape index (κ3) is 3.24. The molecule has 0 unspecified atom stereocenters. The number of anilines is 1. The van der Waals surface area contributed by atoms with Crippen LogP contribution in [0.2, 0.25) is 5.02 Å². The molecular formula is C15H12ClFN2. The van der Waals surface area contributed by atoms with Gasteiger partial charge in [0.1, 0.15) is 5.82 Å². The smallest absolute Gasteiger partial charge is 0.123 e.